The summed E-state index contributed by atoms with van der Waals surface area (Å²) in [6.07, 6.45) is 1.69. The molecule has 0 aliphatic rings. The Bertz CT molecular complexity index is 1230. The molecule has 0 N–H and O–H groups in total. The average molecular weight is 430 g/mol. The Hall–Kier alpha value is -3.58. The first-order valence-corrected chi connectivity index (χ1v) is 10.0. The molecule has 0 saturated carbocycles. The number of methoxy groups -OCH3 is 1. The molecule has 0 spiro atoms. The van der Waals surface area contributed by atoms with Gasteiger partial charge in [0.2, 0.25) is 5.95 Å². The van der Waals surface area contributed by atoms with Crippen molar-refractivity contribution in [3.8, 4) is 11.8 Å². The summed E-state index contributed by atoms with van der Waals surface area (Å²) in [5.74, 6) is -1.24. The maximum atomic E-state index is 13.7. The van der Waals surface area contributed by atoms with E-state index in [1.54, 1.807) is 31.2 Å². The van der Waals surface area contributed by atoms with Crippen molar-refractivity contribution in [2.45, 2.75) is 18.4 Å². The summed E-state index contributed by atoms with van der Waals surface area (Å²) in [5, 5.41) is 9.04. The van der Waals surface area contributed by atoms with Gasteiger partial charge >= 0.3 is 0 Å². The van der Waals surface area contributed by atoms with Crippen LogP contribution in [0.25, 0.3) is 0 Å². The van der Waals surface area contributed by atoms with Gasteiger partial charge in [-0.25, -0.2) is 31.5 Å². The number of anilines is 1. The first-order chi connectivity index (χ1) is 14.3. The van der Waals surface area contributed by atoms with Gasteiger partial charge in [0, 0.05) is 0 Å². The number of rotatable bonds is 6. The highest BCUT2D eigenvalue weighted by Gasteiger charge is 2.29. The average Bonchev–Trinajstić information content (AvgIpc) is 2.73. The summed E-state index contributed by atoms with van der Waals surface area (Å²) < 4.78 is 59.7. The number of nitriles is 1. The molecule has 3 aromatic rings. The van der Waals surface area contributed by atoms with Crippen LogP contribution in [0.4, 0.5) is 14.7 Å². The molecule has 0 aliphatic heterocycles. The minimum atomic E-state index is -4.31. The summed E-state index contributed by atoms with van der Waals surface area (Å²) in [4.78, 5) is 7.25. The summed E-state index contributed by atoms with van der Waals surface area (Å²) in [6, 6.07) is 9.58. The predicted octanol–water partition coefficient (Wildman–Crippen LogP) is 3.34. The van der Waals surface area contributed by atoms with Crippen LogP contribution in [0.2, 0.25) is 0 Å². The number of ether oxygens (including phenoxy) is 1. The highest BCUT2D eigenvalue weighted by molar-refractivity contribution is 7.92. The van der Waals surface area contributed by atoms with Gasteiger partial charge in [0.15, 0.2) is 5.82 Å². The van der Waals surface area contributed by atoms with Gasteiger partial charge in [-0.2, -0.15) is 5.26 Å². The maximum Gasteiger partial charge on any atom is 0.267 e. The van der Waals surface area contributed by atoms with E-state index in [0.29, 0.717) is 11.3 Å². The second-order valence-electron chi connectivity index (χ2n) is 6.26. The standard InChI is InChI=1S/C20H16F2N4O3S/c1-13-7-17(29-2)4-3-14(13)12-26(20-24-10-16(21)11-25-20)30(27,28)18-5-6-19(22)15(8-18)9-23/h3-8,10-11H,12H2,1-2H3. The van der Waals surface area contributed by atoms with Crippen LogP contribution in [0.3, 0.4) is 0 Å². The fourth-order valence-electron chi connectivity index (χ4n) is 2.70. The number of hydrogen-bond acceptors (Lipinski definition) is 6. The van der Waals surface area contributed by atoms with Crippen LogP contribution in [-0.2, 0) is 16.6 Å². The number of halogens is 2. The SMILES string of the molecule is COc1ccc(CN(c2ncc(F)cn2)S(=O)(=O)c2ccc(F)c(C#N)c2)c(C)c1. The third kappa shape index (κ3) is 4.21. The van der Waals surface area contributed by atoms with Gasteiger partial charge in [-0.3, -0.25) is 0 Å². The Morgan fingerprint density at radius 3 is 2.43 bits per heavy atom. The normalized spacial score (nSPS) is 11.0. The Labute approximate surface area is 172 Å². The van der Waals surface area contributed by atoms with E-state index < -0.39 is 27.2 Å². The predicted molar refractivity (Wildman–Crippen MR) is 104 cm³/mol. The van der Waals surface area contributed by atoms with Crippen LogP contribution < -0.4 is 9.04 Å². The quantitative estimate of drug-likeness (QED) is 0.595. The molecule has 0 fully saturated rings. The molecular formula is C20H16F2N4O3S. The van der Waals surface area contributed by atoms with Crippen LogP contribution in [0.1, 0.15) is 16.7 Å². The Balaban J connectivity index is 2.12. The van der Waals surface area contributed by atoms with Crippen molar-refractivity contribution in [1.29, 1.82) is 5.26 Å². The molecule has 154 valence electrons. The van der Waals surface area contributed by atoms with E-state index in [1.165, 1.54) is 7.11 Å². The smallest absolute Gasteiger partial charge is 0.267 e. The van der Waals surface area contributed by atoms with E-state index in [1.807, 2.05) is 0 Å². The van der Waals surface area contributed by atoms with E-state index in [0.717, 1.165) is 40.5 Å². The molecule has 30 heavy (non-hydrogen) atoms. The highest BCUT2D eigenvalue weighted by atomic mass is 32.2. The van der Waals surface area contributed by atoms with Crippen molar-refractivity contribution >= 4 is 16.0 Å². The lowest BCUT2D eigenvalue weighted by atomic mass is 10.1. The molecule has 1 heterocycles. The van der Waals surface area contributed by atoms with Crippen molar-refractivity contribution in [2.24, 2.45) is 0 Å². The number of aromatic nitrogens is 2. The molecule has 0 radical (unpaired) electrons. The number of hydrogen-bond donors (Lipinski definition) is 0. The minimum absolute atomic E-state index is 0.178. The van der Waals surface area contributed by atoms with E-state index in [-0.39, 0.29) is 17.4 Å². The second kappa shape index (κ2) is 8.42. The largest absolute Gasteiger partial charge is 0.497 e. The highest BCUT2D eigenvalue weighted by Crippen LogP contribution is 2.26. The van der Waals surface area contributed by atoms with E-state index in [2.05, 4.69) is 9.97 Å². The summed E-state index contributed by atoms with van der Waals surface area (Å²) in [5.41, 5.74) is 0.945. The van der Waals surface area contributed by atoms with E-state index in [9.17, 15) is 17.2 Å². The zero-order valence-electron chi connectivity index (χ0n) is 16.0. The van der Waals surface area contributed by atoms with Crippen LogP contribution >= 0.6 is 0 Å². The number of sulfonamides is 1. The van der Waals surface area contributed by atoms with Gasteiger partial charge in [-0.1, -0.05) is 6.07 Å². The zero-order chi connectivity index (χ0) is 21.9. The van der Waals surface area contributed by atoms with Crippen LogP contribution in [0, 0.1) is 29.9 Å². The van der Waals surface area contributed by atoms with Crippen LogP contribution in [0.5, 0.6) is 5.75 Å². The van der Waals surface area contributed by atoms with Crippen molar-refractivity contribution in [1.82, 2.24) is 9.97 Å². The molecule has 0 unspecified atom stereocenters. The molecule has 10 heteroatoms. The van der Waals surface area contributed by atoms with E-state index in [4.69, 9.17) is 10.00 Å². The third-order valence-corrected chi connectivity index (χ3v) is 6.06. The molecule has 1 aromatic heterocycles. The molecule has 0 amide bonds. The summed E-state index contributed by atoms with van der Waals surface area (Å²) in [6.45, 7) is 1.60. The zero-order valence-corrected chi connectivity index (χ0v) is 16.8. The first kappa shape index (κ1) is 21.1. The van der Waals surface area contributed by atoms with Crippen molar-refractivity contribution < 1.29 is 21.9 Å². The Kier molecular flexibility index (Phi) is 5.94. The summed E-state index contributed by atoms with van der Waals surface area (Å²) >= 11 is 0. The molecule has 0 aliphatic carbocycles. The number of nitrogens with zero attached hydrogens (tertiary/aromatic N) is 4. The molecule has 7 nitrogen and oxygen atoms in total. The molecule has 3 rings (SSSR count). The molecule has 0 bridgehead atoms. The van der Waals surface area contributed by atoms with Gasteiger partial charge in [-0.15, -0.1) is 0 Å². The van der Waals surface area contributed by atoms with Crippen molar-refractivity contribution in [3.05, 3.63) is 77.1 Å². The molecule has 0 saturated heterocycles. The lowest BCUT2D eigenvalue weighted by molar-refractivity contribution is 0.414. The van der Waals surface area contributed by atoms with E-state index >= 15 is 0 Å². The fourth-order valence-corrected chi connectivity index (χ4v) is 4.08. The summed E-state index contributed by atoms with van der Waals surface area (Å²) in [7, 11) is -2.80. The second-order valence-corrected chi connectivity index (χ2v) is 8.12. The van der Waals surface area contributed by atoms with Crippen LogP contribution in [-0.4, -0.2) is 25.5 Å². The third-order valence-electron chi connectivity index (χ3n) is 4.34. The van der Waals surface area contributed by atoms with Crippen molar-refractivity contribution in [2.75, 3.05) is 11.4 Å². The number of benzene rings is 2. The topological polar surface area (TPSA) is 96.2 Å². The Morgan fingerprint density at radius 2 is 1.83 bits per heavy atom. The molecular weight excluding hydrogens is 414 g/mol. The van der Waals surface area contributed by atoms with Gasteiger partial charge in [-0.05, 0) is 48.4 Å². The van der Waals surface area contributed by atoms with Crippen LogP contribution in [0.15, 0.2) is 53.7 Å². The monoisotopic (exact) mass is 430 g/mol. The first-order valence-electron chi connectivity index (χ1n) is 8.59. The molecule has 2 aromatic carbocycles. The van der Waals surface area contributed by atoms with Gasteiger partial charge < -0.3 is 4.74 Å². The fraction of sp³-hybridized carbons (Fsp3) is 0.150. The van der Waals surface area contributed by atoms with Gasteiger partial charge in [0.1, 0.15) is 17.6 Å². The molecule has 0 atom stereocenters. The minimum Gasteiger partial charge on any atom is -0.497 e. The lowest BCUT2D eigenvalue weighted by Crippen LogP contribution is -2.32. The lowest BCUT2D eigenvalue weighted by Gasteiger charge is -2.23. The van der Waals surface area contributed by atoms with Gasteiger partial charge in [0.25, 0.3) is 10.0 Å². The number of aryl methyl sites for hydroxylation is 1. The van der Waals surface area contributed by atoms with Crippen molar-refractivity contribution in [3.63, 3.8) is 0 Å². The Morgan fingerprint density at radius 1 is 1.13 bits per heavy atom. The van der Waals surface area contributed by atoms with Gasteiger partial charge in [0.05, 0.1) is 36.5 Å². The maximum absolute atomic E-state index is 13.7.